The molecule has 2 unspecified atom stereocenters. The van der Waals surface area contributed by atoms with Gasteiger partial charge in [-0.3, -0.25) is 0 Å². The minimum atomic E-state index is 0.273. The van der Waals surface area contributed by atoms with Crippen molar-refractivity contribution < 1.29 is 4.74 Å². The Kier molecular flexibility index (Phi) is 6.20. The second kappa shape index (κ2) is 7.42. The van der Waals surface area contributed by atoms with Crippen molar-refractivity contribution in [1.82, 2.24) is 5.32 Å². The lowest BCUT2D eigenvalue weighted by Crippen LogP contribution is -2.18. The van der Waals surface area contributed by atoms with Crippen LogP contribution < -0.4 is 10.1 Å². The fourth-order valence-corrected chi connectivity index (χ4v) is 2.23. The molecule has 0 saturated heterocycles. The molecule has 1 rings (SSSR count). The van der Waals surface area contributed by atoms with Crippen molar-refractivity contribution in [3.05, 3.63) is 29.8 Å². The first-order valence-corrected chi connectivity index (χ1v) is 7.03. The van der Waals surface area contributed by atoms with Crippen LogP contribution in [0.2, 0.25) is 0 Å². The number of ether oxygens (including phenoxy) is 1. The summed E-state index contributed by atoms with van der Waals surface area (Å²) in [4.78, 5) is 0. The molecule has 0 aliphatic rings. The maximum atomic E-state index is 5.97. The summed E-state index contributed by atoms with van der Waals surface area (Å²) < 4.78 is 5.97. The van der Waals surface area contributed by atoms with Crippen molar-refractivity contribution in [2.75, 3.05) is 6.54 Å². The molecule has 1 N–H and O–H groups in total. The standard InChI is InChI=1S/C16H27NO/c1-6-17-14(5)15-8-7-9-16(11-15)18-13(4)10-12(2)3/h7-9,11-14,17H,6,10H2,1-5H3. The van der Waals surface area contributed by atoms with E-state index in [0.29, 0.717) is 12.0 Å². The summed E-state index contributed by atoms with van der Waals surface area (Å²) in [5.41, 5.74) is 1.28. The quantitative estimate of drug-likeness (QED) is 0.783. The molecule has 0 heterocycles. The van der Waals surface area contributed by atoms with Gasteiger partial charge in [0.2, 0.25) is 0 Å². The highest BCUT2D eigenvalue weighted by Crippen LogP contribution is 2.21. The third-order valence-electron chi connectivity index (χ3n) is 3.01. The average Bonchev–Trinajstić information content (AvgIpc) is 2.28. The second-order valence-corrected chi connectivity index (χ2v) is 5.41. The van der Waals surface area contributed by atoms with Crippen molar-refractivity contribution >= 4 is 0 Å². The van der Waals surface area contributed by atoms with E-state index in [1.54, 1.807) is 0 Å². The maximum Gasteiger partial charge on any atom is 0.120 e. The molecule has 2 heteroatoms. The Balaban J connectivity index is 2.64. The molecule has 18 heavy (non-hydrogen) atoms. The van der Waals surface area contributed by atoms with Gasteiger partial charge in [-0.15, -0.1) is 0 Å². The van der Waals surface area contributed by atoms with Gasteiger partial charge < -0.3 is 10.1 Å². The van der Waals surface area contributed by atoms with Crippen LogP contribution in [0, 0.1) is 5.92 Å². The lowest BCUT2D eigenvalue weighted by atomic mass is 10.1. The predicted molar refractivity (Wildman–Crippen MR) is 78.1 cm³/mol. The third-order valence-corrected chi connectivity index (χ3v) is 3.01. The second-order valence-electron chi connectivity index (χ2n) is 5.41. The largest absolute Gasteiger partial charge is 0.491 e. The molecule has 0 bridgehead atoms. The van der Waals surface area contributed by atoms with E-state index in [9.17, 15) is 0 Å². The van der Waals surface area contributed by atoms with Gasteiger partial charge in [-0.2, -0.15) is 0 Å². The minimum absolute atomic E-state index is 0.273. The van der Waals surface area contributed by atoms with Crippen molar-refractivity contribution in [2.45, 2.75) is 53.2 Å². The van der Waals surface area contributed by atoms with Crippen LogP contribution >= 0.6 is 0 Å². The first kappa shape index (κ1) is 15.0. The van der Waals surface area contributed by atoms with Crippen LogP contribution in [-0.4, -0.2) is 12.6 Å². The fraction of sp³-hybridized carbons (Fsp3) is 0.625. The molecule has 2 nitrogen and oxygen atoms in total. The van der Waals surface area contributed by atoms with Crippen LogP contribution in [0.3, 0.4) is 0 Å². The number of benzene rings is 1. The zero-order valence-corrected chi connectivity index (χ0v) is 12.4. The summed E-state index contributed by atoms with van der Waals surface area (Å²) in [5.74, 6) is 1.65. The van der Waals surface area contributed by atoms with Crippen LogP contribution in [0.4, 0.5) is 0 Å². The van der Waals surface area contributed by atoms with Crippen LogP contribution in [0.25, 0.3) is 0 Å². The van der Waals surface area contributed by atoms with E-state index >= 15 is 0 Å². The van der Waals surface area contributed by atoms with Gasteiger partial charge in [0.05, 0.1) is 6.10 Å². The lowest BCUT2D eigenvalue weighted by molar-refractivity contribution is 0.193. The van der Waals surface area contributed by atoms with Gasteiger partial charge in [-0.25, -0.2) is 0 Å². The van der Waals surface area contributed by atoms with Gasteiger partial charge in [0.1, 0.15) is 5.75 Å². The summed E-state index contributed by atoms with van der Waals surface area (Å²) >= 11 is 0. The summed E-state index contributed by atoms with van der Waals surface area (Å²) in [6.45, 7) is 11.9. The zero-order valence-electron chi connectivity index (χ0n) is 12.4. The van der Waals surface area contributed by atoms with Gasteiger partial charge in [0, 0.05) is 6.04 Å². The first-order chi connectivity index (χ1) is 8.52. The number of hydrogen-bond donors (Lipinski definition) is 1. The van der Waals surface area contributed by atoms with Gasteiger partial charge in [-0.05, 0) is 50.4 Å². The van der Waals surface area contributed by atoms with Gasteiger partial charge in [-0.1, -0.05) is 32.9 Å². The Morgan fingerprint density at radius 1 is 1.17 bits per heavy atom. The van der Waals surface area contributed by atoms with Crippen LogP contribution in [-0.2, 0) is 0 Å². The monoisotopic (exact) mass is 249 g/mol. The van der Waals surface area contributed by atoms with Gasteiger partial charge >= 0.3 is 0 Å². The highest BCUT2D eigenvalue weighted by Gasteiger charge is 2.09. The molecular weight excluding hydrogens is 222 g/mol. The van der Waals surface area contributed by atoms with Crippen molar-refractivity contribution in [1.29, 1.82) is 0 Å². The summed E-state index contributed by atoms with van der Waals surface area (Å²) in [5, 5.41) is 3.42. The molecule has 0 aliphatic heterocycles. The van der Waals surface area contributed by atoms with Crippen molar-refractivity contribution in [3.63, 3.8) is 0 Å². The molecule has 0 amide bonds. The first-order valence-electron chi connectivity index (χ1n) is 7.03. The van der Waals surface area contributed by atoms with Crippen LogP contribution in [0.5, 0.6) is 5.75 Å². The molecule has 0 radical (unpaired) electrons. The van der Waals surface area contributed by atoms with E-state index < -0.39 is 0 Å². The lowest BCUT2D eigenvalue weighted by Gasteiger charge is -2.18. The van der Waals surface area contributed by atoms with E-state index in [0.717, 1.165) is 18.7 Å². The van der Waals surface area contributed by atoms with E-state index in [1.807, 2.05) is 6.07 Å². The molecule has 1 aromatic carbocycles. The maximum absolute atomic E-state index is 5.97. The SMILES string of the molecule is CCNC(C)c1cccc(OC(C)CC(C)C)c1. The van der Waals surface area contributed by atoms with Gasteiger partial charge in [0.25, 0.3) is 0 Å². The summed E-state index contributed by atoms with van der Waals surface area (Å²) in [6.07, 6.45) is 1.36. The van der Waals surface area contributed by atoms with Crippen molar-refractivity contribution in [2.24, 2.45) is 5.92 Å². The van der Waals surface area contributed by atoms with Crippen LogP contribution in [0.1, 0.15) is 52.6 Å². The number of nitrogens with one attached hydrogen (secondary N) is 1. The molecule has 2 atom stereocenters. The molecule has 0 saturated carbocycles. The summed E-state index contributed by atoms with van der Waals surface area (Å²) in [7, 11) is 0. The Morgan fingerprint density at radius 3 is 2.50 bits per heavy atom. The number of hydrogen-bond acceptors (Lipinski definition) is 2. The molecule has 102 valence electrons. The van der Waals surface area contributed by atoms with E-state index in [-0.39, 0.29) is 6.10 Å². The number of rotatable bonds is 7. The minimum Gasteiger partial charge on any atom is -0.491 e. The molecule has 0 spiro atoms. The Bertz CT molecular complexity index is 349. The average molecular weight is 249 g/mol. The van der Waals surface area contributed by atoms with Gasteiger partial charge in [0.15, 0.2) is 0 Å². The molecular formula is C16H27NO. The van der Waals surface area contributed by atoms with Crippen molar-refractivity contribution in [3.8, 4) is 5.75 Å². The topological polar surface area (TPSA) is 21.3 Å². The van der Waals surface area contributed by atoms with E-state index in [2.05, 4.69) is 58.1 Å². The van der Waals surface area contributed by atoms with Crippen LogP contribution in [0.15, 0.2) is 24.3 Å². The van der Waals surface area contributed by atoms with E-state index in [4.69, 9.17) is 4.74 Å². The highest BCUT2D eigenvalue weighted by atomic mass is 16.5. The molecule has 0 aromatic heterocycles. The highest BCUT2D eigenvalue weighted by molar-refractivity contribution is 5.30. The Labute approximate surface area is 112 Å². The smallest absolute Gasteiger partial charge is 0.120 e. The summed E-state index contributed by atoms with van der Waals surface area (Å²) in [6, 6.07) is 8.77. The molecule has 1 aromatic rings. The molecule has 0 aliphatic carbocycles. The Hall–Kier alpha value is -1.02. The zero-order chi connectivity index (χ0) is 13.5. The van der Waals surface area contributed by atoms with E-state index in [1.165, 1.54) is 5.56 Å². The fourth-order valence-electron chi connectivity index (χ4n) is 2.23. The normalized spacial score (nSPS) is 14.6. The predicted octanol–water partition coefficient (Wildman–Crippen LogP) is 4.17. The molecule has 0 fully saturated rings. The third kappa shape index (κ3) is 5.09. The Morgan fingerprint density at radius 2 is 1.89 bits per heavy atom.